The van der Waals surface area contributed by atoms with Gasteiger partial charge in [0.15, 0.2) is 0 Å². The molecule has 0 radical (unpaired) electrons. The number of halogens is 1. The zero-order valence-electron chi connectivity index (χ0n) is 18.7. The molecule has 8 nitrogen and oxygen atoms in total. The molecule has 1 saturated heterocycles. The molecule has 3 aromatic rings. The number of nitrogens with zero attached hydrogens (tertiary/aromatic N) is 3. The molecule has 1 saturated carbocycles. The van der Waals surface area contributed by atoms with E-state index < -0.39 is 21.8 Å². The van der Waals surface area contributed by atoms with Crippen LogP contribution in [0, 0.1) is 18.7 Å². The Morgan fingerprint density at radius 2 is 1.97 bits per heavy atom. The zero-order chi connectivity index (χ0) is 23.9. The predicted molar refractivity (Wildman–Crippen MR) is 125 cm³/mol. The molecule has 1 atom stereocenters. The van der Waals surface area contributed by atoms with E-state index in [9.17, 15) is 17.6 Å². The second kappa shape index (κ2) is 9.20. The summed E-state index contributed by atoms with van der Waals surface area (Å²) in [6.45, 7) is 2.20. The van der Waals surface area contributed by atoms with Gasteiger partial charge in [0.1, 0.15) is 5.82 Å². The molecule has 34 heavy (non-hydrogen) atoms. The fourth-order valence-corrected chi connectivity index (χ4v) is 7.29. The second-order valence-corrected chi connectivity index (χ2v) is 12.0. The van der Waals surface area contributed by atoms with E-state index in [0.29, 0.717) is 52.5 Å². The molecule has 5 rings (SSSR count). The van der Waals surface area contributed by atoms with Gasteiger partial charge >= 0.3 is 0 Å². The first-order valence-corrected chi connectivity index (χ1v) is 13.6. The summed E-state index contributed by atoms with van der Waals surface area (Å²) in [4.78, 5) is 18.7. The average Bonchev–Trinajstić information content (AvgIpc) is 3.41. The van der Waals surface area contributed by atoms with Crippen LogP contribution in [0.2, 0.25) is 0 Å². The topological polar surface area (TPSA) is 105 Å². The molecule has 3 heterocycles. The van der Waals surface area contributed by atoms with Crippen molar-refractivity contribution in [3.63, 3.8) is 0 Å². The highest BCUT2D eigenvalue weighted by Gasteiger charge is 2.35. The standard InChI is InChI=1S/C23H25FN4O4S2/c1-14-20(12-19(33-14)21-26-23(32-27-21)15-4-2-5-15)34(30,31)28-11-3-6-16(13-28)22(29)25-18-9-7-17(24)8-10-18/h7-10,12,15-16H,2-6,11,13H2,1H3,(H,25,29)/t16-/m1/s1. The van der Waals surface area contributed by atoms with Crippen LogP contribution in [0.15, 0.2) is 39.8 Å². The van der Waals surface area contributed by atoms with Gasteiger partial charge in [0.05, 0.1) is 15.7 Å². The van der Waals surface area contributed by atoms with Crippen LogP contribution in [0.1, 0.15) is 48.8 Å². The number of anilines is 1. The van der Waals surface area contributed by atoms with E-state index in [1.54, 1.807) is 13.0 Å². The normalized spacial score (nSPS) is 19.6. The lowest BCUT2D eigenvalue weighted by Crippen LogP contribution is -2.43. The van der Waals surface area contributed by atoms with Crippen molar-refractivity contribution in [2.24, 2.45) is 5.92 Å². The molecular weight excluding hydrogens is 479 g/mol. The lowest BCUT2D eigenvalue weighted by Gasteiger charge is -2.31. The molecule has 0 unspecified atom stereocenters. The number of piperidine rings is 1. The minimum Gasteiger partial charge on any atom is -0.339 e. The van der Waals surface area contributed by atoms with Crippen LogP contribution in [-0.4, -0.2) is 41.9 Å². The summed E-state index contributed by atoms with van der Waals surface area (Å²) in [7, 11) is -3.80. The SMILES string of the molecule is Cc1sc(-c2noc(C3CCC3)n2)cc1S(=O)(=O)N1CCC[C@@H](C(=O)Nc2ccc(F)cc2)C1. The van der Waals surface area contributed by atoms with E-state index in [-0.39, 0.29) is 17.3 Å². The zero-order valence-corrected chi connectivity index (χ0v) is 20.3. The van der Waals surface area contributed by atoms with Crippen molar-refractivity contribution in [2.45, 2.75) is 49.8 Å². The Balaban J connectivity index is 1.31. The van der Waals surface area contributed by atoms with Crippen molar-refractivity contribution in [1.82, 2.24) is 14.4 Å². The van der Waals surface area contributed by atoms with Crippen molar-refractivity contribution in [2.75, 3.05) is 18.4 Å². The summed E-state index contributed by atoms with van der Waals surface area (Å²) in [6, 6.07) is 7.10. The first kappa shape index (κ1) is 23.1. The van der Waals surface area contributed by atoms with Gasteiger partial charge in [-0.3, -0.25) is 4.79 Å². The highest BCUT2D eigenvalue weighted by molar-refractivity contribution is 7.89. The smallest absolute Gasteiger partial charge is 0.244 e. The average molecular weight is 505 g/mol. The van der Waals surface area contributed by atoms with Crippen LogP contribution >= 0.6 is 11.3 Å². The van der Waals surface area contributed by atoms with Gasteiger partial charge in [0.25, 0.3) is 0 Å². The second-order valence-electron chi connectivity index (χ2n) is 8.81. The maximum Gasteiger partial charge on any atom is 0.244 e. The van der Waals surface area contributed by atoms with Gasteiger partial charge in [-0.05, 0) is 62.9 Å². The molecular formula is C23H25FN4O4S2. The maximum atomic E-state index is 13.5. The Kier molecular flexibility index (Phi) is 6.26. The first-order valence-electron chi connectivity index (χ1n) is 11.3. The van der Waals surface area contributed by atoms with Crippen LogP contribution in [0.3, 0.4) is 0 Å². The lowest BCUT2D eigenvalue weighted by atomic mass is 9.85. The largest absolute Gasteiger partial charge is 0.339 e. The quantitative estimate of drug-likeness (QED) is 0.528. The number of aromatic nitrogens is 2. The van der Waals surface area contributed by atoms with E-state index in [1.807, 2.05) is 0 Å². The molecule has 0 bridgehead atoms. The molecule has 11 heteroatoms. The molecule has 1 N–H and O–H groups in total. The monoisotopic (exact) mass is 504 g/mol. The van der Waals surface area contributed by atoms with E-state index >= 15 is 0 Å². The summed E-state index contributed by atoms with van der Waals surface area (Å²) in [6.07, 6.45) is 4.39. The molecule has 1 aliphatic carbocycles. The Morgan fingerprint density at radius 1 is 1.21 bits per heavy atom. The molecule has 1 amide bonds. The van der Waals surface area contributed by atoms with Gasteiger partial charge in [-0.2, -0.15) is 9.29 Å². The maximum absolute atomic E-state index is 13.5. The number of carbonyl (C=O) groups excluding carboxylic acids is 1. The van der Waals surface area contributed by atoms with Gasteiger partial charge < -0.3 is 9.84 Å². The van der Waals surface area contributed by atoms with Crippen molar-refractivity contribution >= 4 is 33.0 Å². The number of thiophene rings is 1. The number of amides is 1. The molecule has 1 aromatic carbocycles. The van der Waals surface area contributed by atoms with Crippen LogP contribution in [-0.2, 0) is 14.8 Å². The highest BCUT2D eigenvalue weighted by atomic mass is 32.2. The van der Waals surface area contributed by atoms with Crippen molar-refractivity contribution in [3.8, 4) is 10.7 Å². The number of carbonyl (C=O) groups is 1. The van der Waals surface area contributed by atoms with Gasteiger partial charge in [0, 0.05) is 29.6 Å². The van der Waals surface area contributed by atoms with E-state index in [2.05, 4.69) is 15.5 Å². The fourth-order valence-electron chi connectivity index (χ4n) is 4.28. The predicted octanol–water partition coefficient (Wildman–Crippen LogP) is 4.55. The lowest BCUT2D eigenvalue weighted by molar-refractivity contribution is -0.120. The molecule has 180 valence electrons. The van der Waals surface area contributed by atoms with Gasteiger partial charge in [0.2, 0.25) is 27.6 Å². The van der Waals surface area contributed by atoms with E-state index in [0.717, 1.165) is 19.3 Å². The number of hydrogen-bond donors (Lipinski definition) is 1. The van der Waals surface area contributed by atoms with Gasteiger partial charge in [-0.15, -0.1) is 11.3 Å². The minimum atomic E-state index is -3.80. The third kappa shape index (κ3) is 4.51. The first-order chi connectivity index (χ1) is 16.3. The third-order valence-electron chi connectivity index (χ3n) is 6.47. The summed E-state index contributed by atoms with van der Waals surface area (Å²) >= 11 is 1.32. The third-order valence-corrected chi connectivity index (χ3v) is 9.64. The highest BCUT2D eigenvalue weighted by Crippen LogP contribution is 2.38. The van der Waals surface area contributed by atoms with E-state index in [1.165, 1.54) is 39.9 Å². The summed E-state index contributed by atoms with van der Waals surface area (Å²) < 4.78 is 46.8. The van der Waals surface area contributed by atoms with Crippen LogP contribution in [0.25, 0.3) is 10.7 Å². The number of benzene rings is 1. The number of sulfonamides is 1. The van der Waals surface area contributed by atoms with Crippen LogP contribution < -0.4 is 5.32 Å². The van der Waals surface area contributed by atoms with Crippen molar-refractivity contribution in [1.29, 1.82) is 0 Å². The fraction of sp³-hybridized carbons (Fsp3) is 0.435. The molecule has 2 fully saturated rings. The molecule has 2 aromatic heterocycles. The Hall–Kier alpha value is -2.63. The summed E-state index contributed by atoms with van der Waals surface area (Å²) in [5.41, 5.74) is 0.478. The van der Waals surface area contributed by atoms with Crippen LogP contribution in [0.4, 0.5) is 10.1 Å². The number of hydrogen-bond acceptors (Lipinski definition) is 7. The van der Waals surface area contributed by atoms with Crippen molar-refractivity contribution in [3.05, 3.63) is 46.9 Å². The number of rotatable bonds is 6. The minimum absolute atomic E-state index is 0.0913. The summed E-state index contributed by atoms with van der Waals surface area (Å²) in [5, 5.41) is 6.81. The van der Waals surface area contributed by atoms with Gasteiger partial charge in [-0.1, -0.05) is 11.6 Å². The van der Waals surface area contributed by atoms with Gasteiger partial charge in [-0.25, -0.2) is 12.8 Å². The molecule has 1 aliphatic heterocycles. The Morgan fingerprint density at radius 3 is 2.68 bits per heavy atom. The van der Waals surface area contributed by atoms with E-state index in [4.69, 9.17) is 4.52 Å². The Labute approximate surface area is 201 Å². The number of aryl methyl sites for hydroxylation is 1. The Bertz CT molecular complexity index is 1300. The number of nitrogens with one attached hydrogen (secondary N) is 1. The van der Waals surface area contributed by atoms with Crippen LogP contribution in [0.5, 0.6) is 0 Å². The van der Waals surface area contributed by atoms with Crippen molar-refractivity contribution < 1.29 is 22.1 Å². The molecule has 0 spiro atoms. The molecule has 2 aliphatic rings. The summed E-state index contributed by atoms with van der Waals surface area (Å²) in [5.74, 6) is 0.170.